The Bertz CT molecular complexity index is 55.7. The first kappa shape index (κ1) is 13.3. The van der Waals surface area contributed by atoms with Crippen LogP contribution in [-0.4, -0.2) is 0 Å². The SMILES string of the molecule is CCC1CC[CH-]CC1.[CH3-].[W+2]. The molecule has 1 aliphatic carbocycles. The quantitative estimate of drug-likeness (QED) is 0.652. The summed E-state index contributed by atoms with van der Waals surface area (Å²) in [5.41, 5.74) is 0. The number of rotatable bonds is 1. The van der Waals surface area contributed by atoms with Gasteiger partial charge < -0.3 is 13.8 Å². The van der Waals surface area contributed by atoms with Gasteiger partial charge in [-0.05, 0) is 5.92 Å². The number of hydrogen-bond acceptors (Lipinski definition) is 0. The van der Waals surface area contributed by atoms with Crippen molar-refractivity contribution in [2.24, 2.45) is 5.92 Å². The minimum atomic E-state index is 0. The molecule has 0 saturated heterocycles. The molecule has 0 heterocycles. The Morgan fingerprint density at radius 3 is 2.10 bits per heavy atom. The van der Waals surface area contributed by atoms with Crippen LogP contribution in [0.5, 0.6) is 0 Å². The molecule has 0 aromatic rings. The van der Waals surface area contributed by atoms with Gasteiger partial charge in [0.1, 0.15) is 0 Å². The molecule has 1 aliphatic rings. The zero-order valence-electron chi connectivity index (χ0n) is 7.10. The Morgan fingerprint density at radius 2 is 1.80 bits per heavy atom. The summed E-state index contributed by atoms with van der Waals surface area (Å²) in [5, 5.41) is 0. The van der Waals surface area contributed by atoms with Crippen molar-refractivity contribution in [1.82, 2.24) is 0 Å². The van der Waals surface area contributed by atoms with Crippen LogP contribution < -0.4 is 0 Å². The predicted octanol–water partition coefficient (Wildman–Crippen LogP) is 3.24. The largest absolute Gasteiger partial charge is 2.00 e. The summed E-state index contributed by atoms with van der Waals surface area (Å²) < 4.78 is 0. The maximum Gasteiger partial charge on any atom is 2.00 e. The van der Waals surface area contributed by atoms with Crippen LogP contribution in [0, 0.1) is 19.8 Å². The molecule has 0 aliphatic heterocycles. The first-order valence-corrected chi connectivity index (χ1v) is 3.75. The molecule has 1 saturated carbocycles. The Labute approximate surface area is 80.0 Å². The molecule has 0 nitrogen and oxygen atoms in total. The summed E-state index contributed by atoms with van der Waals surface area (Å²) >= 11 is 0. The fourth-order valence-corrected chi connectivity index (χ4v) is 1.40. The predicted molar refractivity (Wildman–Crippen MR) is 43.0 cm³/mol. The van der Waals surface area contributed by atoms with Crippen LogP contribution in [0.1, 0.15) is 39.0 Å². The van der Waals surface area contributed by atoms with E-state index in [4.69, 9.17) is 0 Å². The summed E-state index contributed by atoms with van der Waals surface area (Å²) in [4.78, 5) is 0. The van der Waals surface area contributed by atoms with Crippen LogP contribution in [-0.2, 0) is 21.1 Å². The smallest absolute Gasteiger partial charge is 0.358 e. The van der Waals surface area contributed by atoms with Crippen LogP contribution in [0.4, 0.5) is 0 Å². The molecule has 10 heavy (non-hydrogen) atoms. The van der Waals surface area contributed by atoms with E-state index in [0.717, 1.165) is 5.92 Å². The molecule has 60 valence electrons. The summed E-state index contributed by atoms with van der Waals surface area (Å²) in [7, 11) is 0. The van der Waals surface area contributed by atoms with Gasteiger partial charge in [0.05, 0.1) is 0 Å². The average Bonchev–Trinajstić information content (AvgIpc) is 1.90. The Balaban J connectivity index is 0. The molecule has 0 aromatic carbocycles. The van der Waals surface area contributed by atoms with Gasteiger partial charge in [-0.1, -0.05) is 26.2 Å². The second kappa shape index (κ2) is 7.79. The van der Waals surface area contributed by atoms with Crippen molar-refractivity contribution >= 4 is 0 Å². The Kier molecular flexibility index (Phi) is 10.4. The zero-order valence-corrected chi connectivity index (χ0v) is 10.0. The zero-order chi connectivity index (χ0) is 5.82. The topological polar surface area (TPSA) is 0 Å². The molecule has 1 heteroatoms. The van der Waals surface area contributed by atoms with E-state index in [2.05, 4.69) is 13.3 Å². The van der Waals surface area contributed by atoms with Crippen LogP contribution >= 0.6 is 0 Å². The van der Waals surface area contributed by atoms with E-state index in [1.165, 1.54) is 32.1 Å². The fourth-order valence-electron chi connectivity index (χ4n) is 1.40. The van der Waals surface area contributed by atoms with Crippen LogP contribution in [0.3, 0.4) is 0 Å². The van der Waals surface area contributed by atoms with Gasteiger partial charge in [0.15, 0.2) is 0 Å². The van der Waals surface area contributed by atoms with Crippen molar-refractivity contribution in [3.63, 3.8) is 0 Å². The van der Waals surface area contributed by atoms with Crippen molar-refractivity contribution in [2.75, 3.05) is 0 Å². The van der Waals surface area contributed by atoms with Gasteiger partial charge in [0, 0.05) is 0 Å². The summed E-state index contributed by atoms with van der Waals surface area (Å²) in [6, 6.07) is 0. The van der Waals surface area contributed by atoms with Gasteiger partial charge in [-0.15, -0.1) is 0 Å². The molecular weight excluding hydrogens is 292 g/mol. The van der Waals surface area contributed by atoms with E-state index >= 15 is 0 Å². The second-order valence-corrected chi connectivity index (χ2v) is 2.72. The molecular formula is C9H18W. The molecule has 0 spiro atoms. The third-order valence-electron chi connectivity index (χ3n) is 2.14. The van der Waals surface area contributed by atoms with Crippen LogP contribution in [0.25, 0.3) is 0 Å². The Hall–Kier alpha value is 0.688. The van der Waals surface area contributed by atoms with Crippen LogP contribution in [0.2, 0.25) is 0 Å². The van der Waals surface area contributed by atoms with E-state index in [1.807, 2.05) is 0 Å². The molecule has 1 rings (SSSR count). The van der Waals surface area contributed by atoms with Crippen molar-refractivity contribution < 1.29 is 21.1 Å². The molecule has 0 unspecified atom stereocenters. The van der Waals surface area contributed by atoms with Crippen molar-refractivity contribution in [2.45, 2.75) is 39.0 Å². The van der Waals surface area contributed by atoms with Gasteiger partial charge >= 0.3 is 21.1 Å². The number of hydrogen-bond donors (Lipinski definition) is 0. The average molecular weight is 310 g/mol. The van der Waals surface area contributed by atoms with Gasteiger partial charge in [-0.3, -0.25) is 0 Å². The maximum atomic E-state index is 2.42. The molecule has 0 amide bonds. The third kappa shape index (κ3) is 4.50. The third-order valence-corrected chi connectivity index (χ3v) is 2.14. The minimum absolute atomic E-state index is 0. The standard InChI is InChI=1S/C8H15.CH3.W/c1-2-8-6-4-3-5-7-8;;/h3,8H,2,4-7H2,1H3;1H3;/q2*-1;+2. The summed E-state index contributed by atoms with van der Waals surface area (Å²) in [6.45, 7) is 2.30. The molecule has 0 aromatic heterocycles. The molecule has 0 atom stereocenters. The molecule has 0 radical (unpaired) electrons. The van der Waals surface area contributed by atoms with Crippen molar-refractivity contribution in [3.05, 3.63) is 13.8 Å². The monoisotopic (exact) mass is 310 g/mol. The van der Waals surface area contributed by atoms with E-state index in [0.29, 0.717) is 0 Å². The second-order valence-electron chi connectivity index (χ2n) is 2.72. The summed E-state index contributed by atoms with van der Waals surface area (Å²) in [6.07, 6.45) is 9.48. The minimum Gasteiger partial charge on any atom is -0.358 e. The van der Waals surface area contributed by atoms with Gasteiger partial charge in [0.2, 0.25) is 0 Å². The van der Waals surface area contributed by atoms with E-state index in [1.54, 1.807) is 0 Å². The normalized spacial score (nSPS) is 18.9. The van der Waals surface area contributed by atoms with Crippen LogP contribution in [0.15, 0.2) is 0 Å². The molecule has 1 fully saturated rings. The molecule has 0 bridgehead atoms. The van der Waals surface area contributed by atoms with E-state index < -0.39 is 0 Å². The van der Waals surface area contributed by atoms with Crippen molar-refractivity contribution in [1.29, 1.82) is 0 Å². The molecule has 0 N–H and O–H groups in total. The first-order chi connectivity index (χ1) is 3.93. The Morgan fingerprint density at radius 1 is 1.30 bits per heavy atom. The summed E-state index contributed by atoms with van der Waals surface area (Å²) in [5.74, 6) is 1.06. The van der Waals surface area contributed by atoms with Gasteiger partial charge in [-0.25, -0.2) is 0 Å². The van der Waals surface area contributed by atoms with E-state index in [9.17, 15) is 0 Å². The van der Waals surface area contributed by atoms with Gasteiger partial charge in [0.25, 0.3) is 0 Å². The van der Waals surface area contributed by atoms with Crippen molar-refractivity contribution in [3.8, 4) is 0 Å². The maximum absolute atomic E-state index is 2.42. The fraction of sp³-hybridized carbons (Fsp3) is 0.778. The van der Waals surface area contributed by atoms with E-state index in [-0.39, 0.29) is 28.5 Å². The van der Waals surface area contributed by atoms with Gasteiger partial charge in [-0.2, -0.15) is 12.8 Å². The first-order valence-electron chi connectivity index (χ1n) is 3.75.